The molecule has 1 amide bonds. The molecule has 1 heterocycles. The van der Waals surface area contributed by atoms with Crippen molar-refractivity contribution in [1.29, 1.82) is 0 Å². The van der Waals surface area contributed by atoms with Crippen LogP contribution in [0.3, 0.4) is 0 Å². The molecular weight excluding hydrogens is 381 g/mol. The third-order valence-electron chi connectivity index (χ3n) is 4.66. The summed E-state index contributed by atoms with van der Waals surface area (Å²) in [6, 6.07) is 24.0. The molecule has 5 nitrogen and oxygen atoms in total. The van der Waals surface area contributed by atoms with E-state index in [1.807, 2.05) is 60.7 Å². The highest BCUT2D eigenvalue weighted by Gasteiger charge is 2.24. The van der Waals surface area contributed by atoms with E-state index in [1.54, 1.807) is 6.07 Å². The summed E-state index contributed by atoms with van der Waals surface area (Å²) >= 11 is 0. The third kappa shape index (κ3) is 3.75. The second-order valence-electron chi connectivity index (χ2n) is 6.72. The Labute approximate surface area is 172 Å². The van der Waals surface area contributed by atoms with Crippen molar-refractivity contribution < 1.29 is 9.18 Å². The van der Waals surface area contributed by atoms with Gasteiger partial charge in [-0.25, -0.2) is 9.07 Å². The standard InChI is InChI=1S/C24H18FN3O2/c1-28-24(30)21(23(29)26-19-14-8-13-18(25)15-19)20(16-9-4-2-5-10-16)22(27-28)17-11-6-3-7-12-17/h2-15H,1H3,(H,26,29). The lowest BCUT2D eigenvalue weighted by Gasteiger charge is -2.16. The van der Waals surface area contributed by atoms with E-state index in [4.69, 9.17) is 0 Å². The fraction of sp³-hybridized carbons (Fsp3) is 0.0417. The lowest BCUT2D eigenvalue weighted by molar-refractivity contribution is 0.102. The lowest BCUT2D eigenvalue weighted by atomic mass is 9.95. The van der Waals surface area contributed by atoms with Crippen LogP contribution < -0.4 is 10.9 Å². The highest BCUT2D eigenvalue weighted by atomic mass is 19.1. The molecule has 148 valence electrons. The average Bonchev–Trinajstić information content (AvgIpc) is 2.76. The maximum atomic E-state index is 13.6. The smallest absolute Gasteiger partial charge is 0.280 e. The Morgan fingerprint density at radius 3 is 2.17 bits per heavy atom. The zero-order chi connectivity index (χ0) is 21.1. The van der Waals surface area contributed by atoms with E-state index in [2.05, 4.69) is 10.4 Å². The number of nitrogens with zero attached hydrogens (tertiary/aromatic N) is 2. The van der Waals surface area contributed by atoms with Gasteiger partial charge in [-0.3, -0.25) is 9.59 Å². The van der Waals surface area contributed by atoms with Crippen LogP contribution in [0.5, 0.6) is 0 Å². The Kier molecular flexibility index (Phi) is 5.22. The van der Waals surface area contributed by atoms with E-state index < -0.39 is 17.3 Å². The first-order valence-electron chi connectivity index (χ1n) is 9.33. The van der Waals surface area contributed by atoms with Crippen LogP contribution in [0.25, 0.3) is 22.4 Å². The molecule has 30 heavy (non-hydrogen) atoms. The van der Waals surface area contributed by atoms with Crippen molar-refractivity contribution in [3.63, 3.8) is 0 Å². The monoisotopic (exact) mass is 399 g/mol. The van der Waals surface area contributed by atoms with Crippen molar-refractivity contribution in [1.82, 2.24) is 9.78 Å². The van der Waals surface area contributed by atoms with E-state index in [1.165, 1.54) is 25.2 Å². The van der Waals surface area contributed by atoms with Gasteiger partial charge in [0, 0.05) is 23.9 Å². The second-order valence-corrected chi connectivity index (χ2v) is 6.72. The minimum atomic E-state index is -0.625. The Balaban J connectivity index is 1.96. The number of anilines is 1. The first kappa shape index (κ1) is 19.3. The van der Waals surface area contributed by atoms with Crippen LogP contribution >= 0.6 is 0 Å². The van der Waals surface area contributed by atoms with Crippen molar-refractivity contribution in [2.75, 3.05) is 5.32 Å². The van der Waals surface area contributed by atoms with Gasteiger partial charge in [0.2, 0.25) is 0 Å². The highest BCUT2D eigenvalue weighted by molar-refractivity contribution is 6.10. The van der Waals surface area contributed by atoms with Gasteiger partial charge in [-0.15, -0.1) is 0 Å². The third-order valence-corrected chi connectivity index (χ3v) is 4.66. The predicted molar refractivity (Wildman–Crippen MR) is 115 cm³/mol. The number of rotatable bonds is 4. The summed E-state index contributed by atoms with van der Waals surface area (Å²) in [5.41, 5.74) is 2.06. The number of aromatic nitrogens is 2. The van der Waals surface area contributed by atoms with Crippen LogP contribution in [0.2, 0.25) is 0 Å². The van der Waals surface area contributed by atoms with E-state index in [-0.39, 0.29) is 11.3 Å². The van der Waals surface area contributed by atoms with Gasteiger partial charge < -0.3 is 5.32 Å². The number of amides is 1. The maximum absolute atomic E-state index is 13.6. The summed E-state index contributed by atoms with van der Waals surface area (Å²) in [4.78, 5) is 26.2. The topological polar surface area (TPSA) is 64.0 Å². The number of aryl methyl sites for hydroxylation is 1. The summed E-state index contributed by atoms with van der Waals surface area (Å²) < 4.78 is 14.7. The summed E-state index contributed by atoms with van der Waals surface area (Å²) in [5, 5.41) is 7.08. The summed E-state index contributed by atoms with van der Waals surface area (Å²) in [6.07, 6.45) is 0. The molecule has 6 heteroatoms. The minimum Gasteiger partial charge on any atom is -0.322 e. The molecule has 1 aromatic heterocycles. The fourth-order valence-electron chi connectivity index (χ4n) is 3.29. The van der Waals surface area contributed by atoms with Crippen LogP contribution in [0.15, 0.2) is 89.7 Å². The van der Waals surface area contributed by atoms with Crippen molar-refractivity contribution in [2.24, 2.45) is 7.05 Å². The first-order valence-corrected chi connectivity index (χ1v) is 9.33. The largest absolute Gasteiger partial charge is 0.322 e. The van der Waals surface area contributed by atoms with Gasteiger partial charge in [0.25, 0.3) is 11.5 Å². The molecule has 4 aromatic rings. The number of hydrogen-bond acceptors (Lipinski definition) is 3. The maximum Gasteiger partial charge on any atom is 0.280 e. The molecule has 0 unspecified atom stereocenters. The molecule has 0 radical (unpaired) electrons. The molecular formula is C24H18FN3O2. The van der Waals surface area contributed by atoms with Crippen LogP contribution in [0.4, 0.5) is 10.1 Å². The minimum absolute atomic E-state index is 0.0539. The van der Waals surface area contributed by atoms with Crippen molar-refractivity contribution in [3.8, 4) is 22.4 Å². The molecule has 0 spiro atoms. The van der Waals surface area contributed by atoms with Crippen molar-refractivity contribution >= 4 is 11.6 Å². The van der Waals surface area contributed by atoms with E-state index in [0.29, 0.717) is 16.8 Å². The predicted octanol–water partition coefficient (Wildman–Crippen LogP) is 4.51. The lowest BCUT2D eigenvalue weighted by Crippen LogP contribution is -2.31. The van der Waals surface area contributed by atoms with Gasteiger partial charge in [0.15, 0.2) is 0 Å². The molecule has 4 rings (SSSR count). The fourth-order valence-corrected chi connectivity index (χ4v) is 3.29. The van der Waals surface area contributed by atoms with E-state index in [9.17, 15) is 14.0 Å². The molecule has 3 aromatic carbocycles. The Bertz CT molecular complexity index is 1270. The quantitative estimate of drug-likeness (QED) is 0.549. The molecule has 0 aliphatic rings. The molecule has 0 fully saturated rings. The molecule has 0 bridgehead atoms. The zero-order valence-corrected chi connectivity index (χ0v) is 16.2. The van der Waals surface area contributed by atoms with Crippen LogP contribution in [-0.2, 0) is 7.05 Å². The van der Waals surface area contributed by atoms with Gasteiger partial charge in [0.05, 0.1) is 5.69 Å². The summed E-state index contributed by atoms with van der Waals surface area (Å²) in [7, 11) is 1.50. The summed E-state index contributed by atoms with van der Waals surface area (Å²) in [5.74, 6) is -1.11. The van der Waals surface area contributed by atoms with Crippen molar-refractivity contribution in [2.45, 2.75) is 0 Å². The Morgan fingerprint density at radius 1 is 0.900 bits per heavy atom. The molecule has 0 saturated carbocycles. The number of hydrogen-bond donors (Lipinski definition) is 1. The molecule has 0 saturated heterocycles. The van der Waals surface area contributed by atoms with Gasteiger partial charge in [-0.05, 0) is 23.8 Å². The van der Waals surface area contributed by atoms with Crippen molar-refractivity contribution in [3.05, 3.63) is 107 Å². The second kappa shape index (κ2) is 8.13. The Hall–Kier alpha value is -4.06. The number of carbonyl (C=O) groups excluding carboxylic acids is 1. The molecule has 1 N–H and O–H groups in total. The molecule has 0 aliphatic carbocycles. The van der Waals surface area contributed by atoms with Crippen LogP contribution in [0.1, 0.15) is 10.4 Å². The van der Waals surface area contributed by atoms with Gasteiger partial charge in [-0.1, -0.05) is 66.7 Å². The molecule has 0 atom stereocenters. The van der Waals surface area contributed by atoms with Crippen LogP contribution in [-0.4, -0.2) is 15.7 Å². The Morgan fingerprint density at radius 2 is 1.53 bits per heavy atom. The zero-order valence-electron chi connectivity index (χ0n) is 16.2. The number of carbonyl (C=O) groups is 1. The van der Waals surface area contributed by atoms with Gasteiger partial charge >= 0.3 is 0 Å². The van der Waals surface area contributed by atoms with E-state index in [0.717, 1.165) is 10.2 Å². The normalized spacial score (nSPS) is 10.6. The van der Waals surface area contributed by atoms with E-state index >= 15 is 0 Å². The first-order chi connectivity index (χ1) is 14.5. The number of benzene rings is 3. The average molecular weight is 399 g/mol. The SMILES string of the molecule is Cn1nc(-c2ccccc2)c(-c2ccccc2)c(C(=O)Nc2cccc(F)c2)c1=O. The van der Waals surface area contributed by atoms with Crippen LogP contribution in [0, 0.1) is 5.82 Å². The number of nitrogens with one attached hydrogen (secondary N) is 1. The highest BCUT2D eigenvalue weighted by Crippen LogP contribution is 2.32. The number of halogens is 1. The van der Waals surface area contributed by atoms with Gasteiger partial charge in [-0.2, -0.15) is 5.10 Å². The van der Waals surface area contributed by atoms with Gasteiger partial charge in [0.1, 0.15) is 11.4 Å². The summed E-state index contributed by atoms with van der Waals surface area (Å²) in [6.45, 7) is 0. The molecule has 0 aliphatic heterocycles.